The van der Waals surface area contributed by atoms with E-state index in [2.05, 4.69) is 49.0 Å². The van der Waals surface area contributed by atoms with E-state index < -0.39 is 22.4 Å². The van der Waals surface area contributed by atoms with E-state index in [1.54, 1.807) is 0 Å². The maximum absolute atomic E-state index is 12.4. The fraction of sp³-hybridized carbons (Fsp3) is 0.652. The number of hydrogen-bond acceptors (Lipinski definition) is 10. The zero-order valence-electron chi connectivity index (χ0n) is 36.4. The quantitative estimate of drug-likeness (QED) is 0.123. The molecule has 0 bridgehead atoms. The smallest absolute Gasteiger partial charge is 0.444 e. The number of carbonyl (C=O) groups is 4. The van der Waals surface area contributed by atoms with Gasteiger partial charge in [-0.1, -0.05) is 110 Å². The van der Waals surface area contributed by atoms with Gasteiger partial charge >= 0.3 is 12.3 Å². The van der Waals surface area contributed by atoms with Crippen molar-refractivity contribution in [2.24, 2.45) is 5.73 Å². The number of amides is 1. The summed E-state index contributed by atoms with van der Waals surface area (Å²) in [5.74, 6) is -1.71. The summed E-state index contributed by atoms with van der Waals surface area (Å²) in [6.07, 6.45) is 8.38. The second-order valence-corrected chi connectivity index (χ2v) is 19.0. The molecule has 6 rings (SSSR count). The third-order valence-electron chi connectivity index (χ3n) is 11.8. The molecule has 16 heteroatoms. The molecule has 5 N–H and O–H groups in total. The van der Waals surface area contributed by atoms with Gasteiger partial charge in [0.2, 0.25) is 0 Å². The van der Waals surface area contributed by atoms with Gasteiger partial charge in [0, 0.05) is 73.6 Å². The molecule has 2 aromatic rings. The molecule has 4 atom stereocenters. The molecular formula is C46H67Cl2F3N6O5. The van der Waals surface area contributed by atoms with Crippen LogP contribution in [0.4, 0.5) is 18.0 Å². The van der Waals surface area contributed by atoms with E-state index >= 15 is 0 Å². The first kappa shape index (κ1) is 51.5. The fourth-order valence-electron chi connectivity index (χ4n) is 8.41. The van der Waals surface area contributed by atoms with Gasteiger partial charge in [0.25, 0.3) is 5.78 Å². The Labute approximate surface area is 375 Å². The third-order valence-corrected chi connectivity index (χ3v) is 12.2. The summed E-state index contributed by atoms with van der Waals surface area (Å²) in [4.78, 5) is 49.3. The molecular weight excluding hydrogens is 844 g/mol. The van der Waals surface area contributed by atoms with Crippen molar-refractivity contribution in [3.05, 3.63) is 71.8 Å². The molecule has 0 aromatic heterocycles. The molecule has 4 aliphatic rings. The van der Waals surface area contributed by atoms with E-state index in [1.165, 1.54) is 25.7 Å². The lowest BCUT2D eigenvalue weighted by Gasteiger charge is -2.39. The summed E-state index contributed by atoms with van der Waals surface area (Å²) >= 11 is 9.22. The molecule has 0 spiro atoms. The lowest BCUT2D eigenvalue weighted by molar-refractivity contribution is -0.169. The third kappa shape index (κ3) is 18.5. The molecule has 4 fully saturated rings. The van der Waals surface area contributed by atoms with Crippen LogP contribution < -0.4 is 21.7 Å². The average Bonchev–Trinajstić information content (AvgIpc) is 3.23. The Morgan fingerprint density at radius 2 is 1.06 bits per heavy atom. The van der Waals surface area contributed by atoms with E-state index in [4.69, 9.17) is 10.5 Å². The highest BCUT2D eigenvalue weighted by Gasteiger charge is 2.42. The van der Waals surface area contributed by atoms with Crippen molar-refractivity contribution in [2.45, 2.75) is 151 Å². The molecule has 0 radical (unpaired) electrons. The number of ketones is 3. The molecule has 1 amide bonds. The van der Waals surface area contributed by atoms with E-state index in [0.29, 0.717) is 37.3 Å². The predicted molar refractivity (Wildman–Crippen MR) is 239 cm³/mol. The minimum Gasteiger partial charge on any atom is -0.444 e. The molecule has 2 aliphatic carbocycles. The van der Waals surface area contributed by atoms with Crippen LogP contribution in [0.5, 0.6) is 0 Å². The number of benzene rings is 2. The molecule has 0 unspecified atom stereocenters. The fourth-order valence-corrected chi connectivity index (χ4v) is 8.66. The van der Waals surface area contributed by atoms with Gasteiger partial charge in [-0.2, -0.15) is 13.2 Å². The van der Waals surface area contributed by atoms with Gasteiger partial charge in [-0.25, -0.2) is 4.79 Å². The number of alkyl carbamates (subject to hydrolysis) is 1. The summed E-state index contributed by atoms with van der Waals surface area (Å²) in [5, 5.41) is 10.7. The number of likely N-dealkylation sites (tertiary alicyclic amines) is 2. The number of rotatable bonds is 12. The standard InChI is InChI=1S/C24H37N3O3.C19H29N3O.C3HCl2F3O/c1-24(2,3)30-23(29)26-21-12-8-7-11-20(21)25-19-13-15-27(16-14-19)17-22(28)18-9-5-4-6-10-18;20-17-8-4-5-9-18(17)21-16-10-12-22(13-11-16)14-19(23)15-6-2-1-3-7-15;4-2(5)1(9)3(6,7)8/h4-6,9-10,19-21,25H,7-8,11-17H2,1-3H3,(H,26,29);1-3,6-7,16-18,21H,4-5,8-14,20H2;2H/t20-,21+;17-,18+;/m01./s1. The molecule has 62 heavy (non-hydrogen) atoms. The normalized spacial score (nSPS) is 23.3. The topological polar surface area (TPSA) is 146 Å². The monoisotopic (exact) mass is 910 g/mol. The predicted octanol–water partition coefficient (Wildman–Crippen LogP) is 7.87. The van der Waals surface area contributed by atoms with Crippen molar-refractivity contribution >= 4 is 46.6 Å². The van der Waals surface area contributed by atoms with Crippen molar-refractivity contribution < 1.29 is 37.1 Å². The number of halogens is 5. The lowest BCUT2D eigenvalue weighted by atomic mass is 9.89. The molecule has 2 aromatic carbocycles. The number of piperidine rings is 2. The van der Waals surface area contributed by atoms with E-state index in [0.717, 1.165) is 88.7 Å². The zero-order chi connectivity index (χ0) is 45.3. The number of nitrogens with one attached hydrogen (secondary N) is 3. The summed E-state index contributed by atoms with van der Waals surface area (Å²) in [6.45, 7) is 10.5. The second-order valence-electron chi connectivity index (χ2n) is 17.9. The van der Waals surface area contributed by atoms with Gasteiger partial charge in [0.05, 0.1) is 13.1 Å². The van der Waals surface area contributed by atoms with Crippen LogP contribution in [0.15, 0.2) is 60.7 Å². The largest absolute Gasteiger partial charge is 0.452 e. The van der Waals surface area contributed by atoms with Gasteiger partial charge in [0.1, 0.15) is 5.60 Å². The molecule has 2 saturated heterocycles. The zero-order valence-corrected chi connectivity index (χ0v) is 38.0. The summed E-state index contributed by atoms with van der Waals surface area (Å²) in [5.41, 5.74) is 7.36. The van der Waals surface area contributed by atoms with Crippen LogP contribution in [-0.4, -0.2) is 125 Å². The Bertz CT molecular complexity index is 1670. The summed E-state index contributed by atoms with van der Waals surface area (Å²) < 4.78 is 39.0. The van der Waals surface area contributed by atoms with Crippen molar-refractivity contribution in [1.82, 2.24) is 25.8 Å². The maximum Gasteiger partial charge on any atom is 0.452 e. The summed E-state index contributed by atoms with van der Waals surface area (Å²) in [7, 11) is 0. The Balaban J connectivity index is 0.000000233. The number of ether oxygens (including phenoxy) is 1. The lowest BCUT2D eigenvalue weighted by Crippen LogP contribution is -2.56. The summed E-state index contributed by atoms with van der Waals surface area (Å²) in [6, 6.07) is 21.3. The van der Waals surface area contributed by atoms with Crippen LogP contribution in [0, 0.1) is 0 Å². The van der Waals surface area contributed by atoms with Gasteiger partial charge in [-0.3, -0.25) is 24.2 Å². The second kappa shape index (κ2) is 25.4. The van der Waals surface area contributed by atoms with Crippen LogP contribution >= 0.6 is 23.2 Å². The molecule has 11 nitrogen and oxygen atoms in total. The average molecular weight is 912 g/mol. The van der Waals surface area contributed by atoms with Gasteiger partial charge < -0.3 is 26.4 Å². The van der Waals surface area contributed by atoms with Crippen molar-refractivity contribution in [3.8, 4) is 0 Å². The van der Waals surface area contributed by atoms with Gasteiger partial charge in [0.15, 0.2) is 16.4 Å². The number of carbonyl (C=O) groups excluding carboxylic acids is 4. The number of hydrogen-bond donors (Lipinski definition) is 4. The van der Waals surface area contributed by atoms with E-state index in [1.807, 2.05) is 81.4 Å². The van der Waals surface area contributed by atoms with Crippen LogP contribution in [0.3, 0.4) is 0 Å². The SMILES string of the molecule is CC(C)(C)OC(=O)N[C@@H]1CCCC[C@@H]1NC1CCN(CC(=O)c2ccccc2)CC1.N[C@@H]1CCCC[C@@H]1NC1CCN(CC(=O)c2ccccc2)CC1.O=C(C(Cl)Cl)C(F)(F)F. The highest BCUT2D eigenvalue weighted by molar-refractivity contribution is 6.54. The minimum absolute atomic E-state index is 0.117. The Hall–Kier alpha value is -3.11. The first-order chi connectivity index (χ1) is 29.4. The molecule has 2 heterocycles. The van der Waals surface area contributed by atoms with Crippen molar-refractivity contribution in [1.29, 1.82) is 0 Å². The Morgan fingerprint density at radius 3 is 1.45 bits per heavy atom. The highest BCUT2D eigenvalue weighted by atomic mass is 35.5. The Kier molecular flexibility index (Phi) is 21.1. The van der Waals surface area contributed by atoms with Gasteiger partial charge in [-0.05, 0) is 72.1 Å². The van der Waals surface area contributed by atoms with Crippen LogP contribution in [0.25, 0.3) is 0 Å². The maximum atomic E-state index is 12.4. The number of nitrogens with two attached hydrogens (primary N) is 1. The first-order valence-electron chi connectivity index (χ1n) is 22.2. The van der Waals surface area contributed by atoms with Crippen molar-refractivity contribution in [3.63, 3.8) is 0 Å². The van der Waals surface area contributed by atoms with Crippen LogP contribution in [0.1, 0.15) is 119 Å². The van der Waals surface area contributed by atoms with Crippen molar-refractivity contribution in [2.75, 3.05) is 39.3 Å². The van der Waals surface area contributed by atoms with E-state index in [9.17, 15) is 32.3 Å². The van der Waals surface area contributed by atoms with E-state index in [-0.39, 0.29) is 29.7 Å². The molecule has 2 aliphatic heterocycles. The minimum atomic E-state index is -4.92. The van der Waals surface area contributed by atoms with Gasteiger partial charge in [-0.15, -0.1) is 0 Å². The number of nitrogens with zero attached hydrogens (tertiary/aromatic N) is 2. The highest BCUT2D eigenvalue weighted by Crippen LogP contribution is 2.24. The molecule has 2 saturated carbocycles. The number of Topliss-reactive ketones (excluding diaryl/α,β-unsaturated/α-hetero) is 3. The first-order valence-corrected chi connectivity index (χ1v) is 23.0. The number of alkyl halides is 5. The Morgan fingerprint density at radius 1 is 0.661 bits per heavy atom. The molecule has 346 valence electrons. The van der Waals surface area contributed by atoms with Crippen LogP contribution in [0.2, 0.25) is 0 Å². The van der Waals surface area contributed by atoms with Crippen LogP contribution in [-0.2, 0) is 9.53 Å².